The summed E-state index contributed by atoms with van der Waals surface area (Å²) >= 11 is 14.5. The molecule has 0 aromatic carbocycles. The zero-order chi connectivity index (χ0) is 6.85. The van der Waals surface area contributed by atoms with Crippen LogP contribution in [0.15, 0.2) is 10.3 Å². The molecule has 1 aromatic heterocycles. The van der Waals surface area contributed by atoms with Gasteiger partial charge in [0, 0.05) is 0 Å². The summed E-state index contributed by atoms with van der Waals surface area (Å²) in [5.74, 6) is 0. The Morgan fingerprint density at radius 1 is 1.56 bits per heavy atom. The Hall–Kier alpha value is 0.630. The second-order valence-electron chi connectivity index (χ2n) is 1.39. The van der Waals surface area contributed by atoms with E-state index in [0.29, 0.717) is 9.36 Å². The number of hydrogen-bond acceptors (Lipinski definition) is 2. The molecular formula is C5H4Cl2S2. The Morgan fingerprint density at radius 2 is 2.22 bits per heavy atom. The largest absolute Gasteiger partial charge is 0.119 e. The van der Waals surface area contributed by atoms with Crippen molar-refractivity contribution in [1.82, 2.24) is 0 Å². The average Bonchev–Trinajstić information content (AvgIpc) is 2.13. The summed E-state index contributed by atoms with van der Waals surface area (Å²) in [5, 5.41) is 0.658. The van der Waals surface area contributed by atoms with E-state index in [2.05, 4.69) is 0 Å². The van der Waals surface area contributed by atoms with E-state index in [9.17, 15) is 0 Å². The van der Waals surface area contributed by atoms with Gasteiger partial charge in [0.2, 0.25) is 0 Å². The Labute approximate surface area is 72.2 Å². The lowest BCUT2D eigenvalue weighted by molar-refractivity contribution is 1.74. The molecule has 9 heavy (non-hydrogen) atoms. The molecule has 0 saturated heterocycles. The lowest BCUT2D eigenvalue weighted by Gasteiger charge is -1.79. The number of rotatable bonds is 1. The first-order valence-corrected chi connectivity index (χ1v) is 5.02. The van der Waals surface area contributed by atoms with Gasteiger partial charge >= 0.3 is 0 Å². The number of thioether (sulfide) groups is 1. The summed E-state index contributed by atoms with van der Waals surface area (Å²) in [4.78, 5) is 0. The van der Waals surface area contributed by atoms with Crippen molar-refractivity contribution < 1.29 is 0 Å². The Morgan fingerprint density at radius 3 is 2.44 bits per heavy atom. The third-order valence-electron chi connectivity index (χ3n) is 0.824. The van der Waals surface area contributed by atoms with E-state index in [-0.39, 0.29) is 0 Å². The van der Waals surface area contributed by atoms with Crippen LogP contribution < -0.4 is 0 Å². The second kappa shape index (κ2) is 3.15. The van der Waals surface area contributed by atoms with Crippen LogP contribution in [-0.2, 0) is 0 Å². The first kappa shape index (κ1) is 7.73. The monoisotopic (exact) mass is 198 g/mol. The predicted octanol–water partition coefficient (Wildman–Crippen LogP) is 3.78. The SMILES string of the molecule is CSc1cc(Cl)c(Cl)s1. The van der Waals surface area contributed by atoms with Crippen molar-refractivity contribution in [3.8, 4) is 0 Å². The van der Waals surface area contributed by atoms with Crippen molar-refractivity contribution >= 4 is 46.3 Å². The molecule has 0 amide bonds. The summed E-state index contributed by atoms with van der Waals surface area (Å²) < 4.78 is 1.84. The Balaban J connectivity index is 2.98. The fraction of sp³-hybridized carbons (Fsp3) is 0.200. The first-order valence-electron chi connectivity index (χ1n) is 2.23. The van der Waals surface area contributed by atoms with E-state index in [0.717, 1.165) is 4.21 Å². The molecule has 0 spiro atoms. The number of thiophene rings is 1. The van der Waals surface area contributed by atoms with Crippen LogP contribution in [0.3, 0.4) is 0 Å². The van der Waals surface area contributed by atoms with Crippen LogP contribution in [0.25, 0.3) is 0 Å². The second-order valence-corrected chi connectivity index (χ2v) is 4.56. The van der Waals surface area contributed by atoms with Gasteiger partial charge < -0.3 is 0 Å². The molecule has 0 aliphatic heterocycles. The molecule has 50 valence electrons. The summed E-state index contributed by atoms with van der Waals surface area (Å²) in [6, 6.07) is 1.87. The highest BCUT2D eigenvalue weighted by molar-refractivity contribution is 8.00. The topological polar surface area (TPSA) is 0 Å². The lowest BCUT2D eigenvalue weighted by atomic mass is 10.7. The van der Waals surface area contributed by atoms with Crippen molar-refractivity contribution in [1.29, 1.82) is 0 Å². The number of hydrogen-bond donors (Lipinski definition) is 0. The standard InChI is InChI=1S/C5H4Cl2S2/c1-8-4-2-3(6)5(7)9-4/h2H,1H3. The fourth-order valence-electron chi connectivity index (χ4n) is 0.427. The van der Waals surface area contributed by atoms with Crippen molar-refractivity contribution in [2.45, 2.75) is 4.21 Å². The predicted molar refractivity (Wildman–Crippen MR) is 46.1 cm³/mol. The van der Waals surface area contributed by atoms with Gasteiger partial charge in [-0.2, -0.15) is 0 Å². The van der Waals surface area contributed by atoms with E-state index in [1.54, 1.807) is 11.8 Å². The minimum absolute atomic E-state index is 0.658. The minimum atomic E-state index is 0.658. The van der Waals surface area contributed by atoms with Crippen molar-refractivity contribution in [3.05, 3.63) is 15.4 Å². The molecule has 1 rings (SSSR count). The maximum atomic E-state index is 5.68. The summed E-state index contributed by atoms with van der Waals surface area (Å²) in [6.07, 6.45) is 2.00. The first-order chi connectivity index (χ1) is 4.24. The van der Waals surface area contributed by atoms with Crippen LogP contribution in [0, 0.1) is 0 Å². The molecular weight excluding hydrogens is 195 g/mol. The molecule has 0 saturated carbocycles. The van der Waals surface area contributed by atoms with E-state index in [4.69, 9.17) is 23.2 Å². The van der Waals surface area contributed by atoms with Gasteiger partial charge in [-0.05, 0) is 12.3 Å². The summed E-state index contributed by atoms with van der Waals surface area (Å²) in [5.41, 5.74) is 0. The van der Waals surface area contributed by atoms with Crippen LogP contribution in [0.4, 0.5) is 0 Å². The third kappa shape index (κ3) is 1.77. The van der Waals surface area contributed by atoms with E-state index in [1.165, 1.54) is 11.3 Å². The third-order valence-corrected chi connectivity index (χ3v) is 3.75. The van der Waals surface area contributed by atoms with E-state index in [1.807, 2.05) is 12.3 Å². The van der Waals surface area contributed by atoms with Crippen LogP contribution >= 0.6 is 46.3 Å². The van der Waals surface area contributed by atoms with Crippen LogP contribution in [-0.4, -0.2) is 6.26 Å². The fourth-order valence-corrected chi connectivity index (χ4v) is 2.55. The Kier molecular flexibility index (Phi) is 2.71. The van der Waals surface area contributed by atoms with Crippen LogP contribution in [0.2, 0.25) is 9.36 Å². The van der Waals surface area contributed by atoms with Gasteiger partial charge in [0.1, 0.15) is 4.34 Å². The molecule has 0 bridgehead atoms. The minimum Gasteiger partial charge on any atom is -0.119 e. The normalized spacial score (nSPS) is 10.1. The quantitative estimate of drug-likeness (QED) is 0.620. The van der Waals surface area contributed by atoms with Gasteiger partial charge in [0.15, 0.2) is 0 Å². The molecule has 0 aliphatic rings. The summed E-state index contributed by atoms with van der Waals surface area (Å²) in [6.45, 7) is 0. The van der Waals surface area contributed by atoms with Crippen LogP contribution in [0.1, 0.15) is 0 Å². The molecule has 0 fully saturated rings. The van der Waals surface area contributed by atoms with Gasteiger partial charge in [-0.3, -0.25) is 0 Å². The van der Waals surface area contributed by atoms with Gasteiger partial charge in [-0.15, -0.1) is 23.1 Å². The molecule has 0 aliphatic carbocycles. The molecule has 0 radical (unpaired) electrons. The molecule has 1 aromatic rings. The highest BCUT2D eigenvalue weighted by Crippen LogP contribution is 2.35. The molecule has 0 N–H and O–H groups in total. The Bertz CT molecular complexity index is 187. The smallest absolute Gasteiger partial charge is 0.113 e. The van der Waals surface area contributed by atoms with Crippen molar-refractivity contribution in [2.24, 2.45) is 0 Å². The average molecular weight is 199 g/mol. The van der Waals surface area contributed by atoms with Gasteiger partial charge in [0.25, 0.3) is 0 Å². The number of halogens is 2. The van der Waals surface area contributed by atoms with Crippen molar-refractivity contribution in [3.63, 3.8) is 0 Å². The molecule has 0 unspecified atom stereocenters. The molecule has 1 heterocycles. The highest BCUT2D eigenvalue weighted by Gasteiger charge is 2.01. The maximum absolute atomic E-state index is 5.68. The van der Waals surface area contributed by atoms with Gasteiger partial charge in [-0.25, -0.2) is 0 Å². The zero-order valence-corrected chi connectivity index (χ0v) is 7.79. The maximum Gasteiger partial charge on any atom is 0.113 e. The van der Waals surface area contributed by atoms with E-state index >= 15 is 0 Å². The van der Waals surface area contributed by atoms with E-state index < -0.39 is 0 Å². The molecule has 0 nitrogen and oxygen atoms in total. The molecule has 0 atom stereocenters. The highest BCUT2D eigenvalue weighted by atomic mass is 35.5. The molecule has 4 heteroatoms. The zero-order valence-electron chi connectivity index (χ0n) is 4.65. The lowest BCUT2D eigenvalue weighted by Crippen LogP contribution is -1.48. The van der Waals surface area contributed by atoms with Crippen LogP contribution in [0.5, 0.6) is 0 Å². The van der Waals surface area contributed by atoms with Crippen molar-refractivity contribution in [2.75, 3.05) is 6.26 Å². The summed E-state index contributed by atoms with van der Waals surface area (Å²) in [7, 11) is 0. The van der Waals surface area contributed by atoms with Gasteiger partial charge in [-0.1, -0.05) is 23.2 Å². The van der Waals surface area contributed by atoms with Gasteiger partial charge in [0.05, 0.1) is 9.23 Å².